The molecule has 0 spiro atoms. The second kappa shape index (κ2) is 6.58. The summed E-state index contributed by atoms with van der Waals surface area (Å²) in [5, 5.41) is 3.98. The van der Waals surface area contributed by atoms with Crippen LogP contribution < -0.4 is 10.2 Å². The number of rotatable bonds is 2. The molecule has 1 unspecified atom stereocenters. The van der Waals surface area contributed by atoms with Crippen LogP contribution in [0, 0.1) is 18.8 Å². The Balaban J connectivity index is 1.54. The van der Waals surface area contributed by atoms with Crippen LogP contribution in [-0.4, -0.2) is 35.0 Å². The van der Waals surface area contributed by atoms with Crippen LogP contribution >= 0.6 is 11.3 Å². The zero-order valence-corrected chi connectivity index (χ0v) is 13.1. The third-order valence-electron chi connectivity index (χ3n) is 3.38. The van der Waals surface area contributed by atoms with Gasteiger partial charge in [0.25, 0.3) is 5.91 Å². The summed E-state index contributed by atoms with van der Waals surface area (Å²) >= 11 is 1.68. The molecule has 1 aliphatic heterocycles. The minimum Gasteiger partial charge on any atom is -0.346 e. The van der Waals surface area contributed by atoms with E-state index in [1.807, 2.05) is 19.2 Å². The average Bonchev–Trinajstić information content (AvgIpc) is 3.15. The fourth-order valence-electron chi connectivity index (χ4n) is 2.33. The lowest BCUT2D eigenvalue weighted by Crippen LogP contribution is -2.36. The van der Waals surface area contributed by atoms with Crippen molar-refractivity contribution in [1.29, 1.82) is 0 Å². The first-order valence-electron chi connectivity index (χ1n) is 7.10. The van der Waals surface area contributed by atoms with Gasteiger partial charge in [0.1, 0.15) is 0 Å². The van der Waals surface area contributed by atoms with Crippen molar-refractivity contribution in [2.45, 2.75) is 19.4 Å². The average molecular weight is 312 g/mol. The predicted molar refractivity (Wildman–Crippen MR) is 86.7 cm³/mol. The second-order valence-electron chi connectivity index (χ2n) is 5.15. The third kappa shape index (κ3) is 3.62. The molecule has 6 heteroatoms. The summed E-state index contributed by atoms with van der Waals surface area (Å²) in [5.74, 6) is 5.18. The highest BCUT2D eigenvalue weighted by Crippen LogP contribution is 2.25. The predicted octanol–water partition coefficient (Wildman–Crippen LogP) is 1.59. The van der Waals surface area contributed by atoms with Crippen LogP contribution in [0.4, 0.5) is 5.13 Å². The first kappa shape index (κ1) is 14.5. The fourth-order valence-corrected chi connectivity index (χ4v) is 3.12. The molecule has 22 heavy (non-hydrogen) atoms. The van der Waals surface area contributed by atoms with Crippen molar-refractivity contribution < 1.29 is 4.79 Å². The number of aryl methyl sites for hydroxylation is 1. The van der Waals surface area contributed by atoms with E-state index in [9.17, 15) is 4.79 Å². The molecule has 0 bridgehead atoms. The molecule has 5 nitrogen and oxygen atoms in total. The highest BCUT2D eigenvalue weighted by Gasteiger charge is 2.25. The van der Waals surface area contributed by atoms with E-state index in [2.05, 4.69) is 32.0 Å². The summed E-state index contributed by atoms with van der Waals surface area (Å²) in [5.41, 5.74) is 0.740. The maximum Gasteiger partial charge on any atom is 0.296 e. The van der Waals surface area contributed by atoms with Gasteiger partial charge < -0.3 is 10.2 Å². The van der Waals surface area contributed by atoms with Gasteiger partial charge in [0.2, 0.25) is 0 Å². The maximum atomic E-state index is 11.9. The van der Waals surface area contributed by atoms with Gasteiger partial charge in [-0.25, -0.2) is 4.98 Å². The van der Waals surface area contributed by atoms with E-state index in [1.165, 1.54) is 4.88 Å². The van der Waals surface area contributed by atoms with E-state index >= 15 is 0 Å². The summed E-state index contributed by atoms with van der Waals surface area (Å²) < 4.78 is 0. The third-order valence-corrected chi connectivity index (χ3v) is 4.36. The highest BCUT2D eigenvalue weighted by atomic mass is 32.1. The van der Waals surface area contributed by atoms with E-state index in [1.54, 1.807) is 29.8 Å². The Morgan fingerprint density at radius 1 is 1.50 bits per heavy atom. The Morgan fingerprint density at radius 3 is 3.14 bits per heavy atom. The van der Waals surface area contributed by atoms with E-state index in [4.69, 9.17) is 0 Å². The van der Waals surface area contributed by atoms with Crippen molar-refractivity contribution >= 4 is 22.4 Å². The molecule has 0 radical (unpaired) electrons. The molecule has 3 rings (SSSR count). The minimum absolute atomic E-state index is 0.125. The molecule has 2 aromatic heterocycles. The first-order valence-corrected chi connectivity index (χ1v) is 7.92. The summed E-state index contributed by atoms with van der Waals surface area (Å²) in [6.45, 7) is 3.74. The van der Waals surface area contributed by atoms with Crippen molar-refractivity contribution in [3.8, 4) is 11.8 Å². The number of anilines is 1. The normalized spacial score (nSPS) is 17.0. The van der Waals surface area contributed by atoms with Crippen LogP contribution in [0.2, 0.25) is 0 Å². The quantitative estimate of drug-likeness (QED) is 0.856. The smallest absolute Gasteiger partial charge is 0.296 e. The zero-order valence-electron chi connectivity index (χ0n) is 12.2. The monoisotopic (exact) mass is 312 g/mol. The van der Waals surface area contributed by atoms with Crippen LogP contribution in [0.3, 0.4) is 0 Å². The van der Waals surface area contributed by atoms with Crippen LogP contribution in [-0.2, 0) is 4.79 Å². The summed E-state index contributed by atoms with van der Waals surface area (Å²) in [7, 11) is 0. The topological polar surface area (TPSA) is 58.1 Å². The summed E-state index contributed by atoms with van der Waals surface area (Å²) in [4.78, 5) is 23.6. The van der Waals surface area contributed by atoms with Gasteiger partial charge in [0.15, 0.2) is 5.13 Å². The number of carbonyl (C=O) groups is 1. The van der Waals surface area contributed by atoms with Crippen molar-refractivity contribution in [3.05, 3.63) is 41.2 Å². The summed E-state index contributed by atoms with van der Waals surface area (Å²) in [6.07, 6.45) is 6.12. The molecule has 2 aromatic rings. The van der Waals surface area contributed by atoms with Crippen LogP contribution in [0.15, 0.2) is 30.7 Å². The molecule has 0 aliphatic carbocycles. The first-order chi connectivity index (χ1) is 10.7. The Hall–Kier alpha value is -2.39. The lowest BCUT2D eigenvalue weighted by molar-refractivity contribution is -0.116. The van der Waals surface area contributed by atoms with Crippen LogP contribution in [0.25, 0.3) is 0 Å². The fraction of sp³-hybridized carbons (Fsp3) is 0.312. The lowest BCUT2D eigenvalue weighted by atomic mass is 10.2. The molecule has 1 N–H and O–H groups in total. The molecule has 1 fully saturated rings. The zero-order chi connectivity index (χ0) is 15.4. The van der Waals surface area contributed by atoms with E-state index in [-0.39, 0.29) is 11.9 Å². The molecular formula is C16H16N4OS. The standard InChI is InChI=1S/C16H16N4OS/c1-12-9-18-16(22-12)20-8-6-14(11-20)19-15(21)5-4-13-3-2-7-17-10-13/h2-3,7,9-10,14H,6,8,11H2,1H3,(H,19,21). The van der Waals surface area contributed by atoms with Gasteiger partial charge in [-0.15, -0.1) is 11.3 Å². The molecular weight excluding hydrogens is 296 g/mol. The van der Waals surface area contributed by atoms with E-state index < -0.39 is 0 Å². The number of pyridine rings is 1. The van der Waals surface area contributed by atoms with Crippen molar-refractivity contribution in [1.82, 2.24) is 15.3 Å². The number of thiazole rings is 1. The van der Waals surface area contributed by atoms with Gasteiger partial charge in [-0.3, -0.25) is 9.78 Å². The number of nitrogens with zero attached hydrogens (tertiary/aromatic N) is 3. The molecule has 1 atom stereocenters. The van der Waals surface area contributed by atoms with Crippen molar-refractivity contribution in [3.63, 3.8) is 0 Å². The van der Waals surface area contributed by atoms with Gasteiger partial charge in [-0.2, -0.15) is 0 Å². The maximum absolute atomic E-state index is 11.9. The van der Waals surface area contributed by atoms with Crippen LogP contribution in [0.1, 0.15) is 16.9 Å². The largest absolute Gasteiger partial charge is 0.346 e. The molecule has 0 aromatic carbocycles. The molecule has 3 heterocycles. The Morgan fingerprint density at radius 2 is 2.41 bits per heavy atom. The number of carbonyl (C=O) groups excluding carboxylic acids is 1. The van der Waals surface area contributed by atoms with E-state index in [0.717, 1.165) is 30.2 Å². The minimum atomic E-state index is -0.244. The molecule has 112 valence electrons. The SMILES string of the molecule is Cc1cnc(N2CCC(NC(=O)C#Cc3cccnc3)C2)s1. The second-order valence-corrected chi connectivity index (χ2v) is 6.36. The number of hydrogen-bond donors (Lipinski definition) is 1. The Labute approximate surface area is 133 Å². The van der Waals surface area contributed by atoms with Gasteiger partial charge in [-0.05, 0) is 25.5 Å². The summed E-state index contributed by atoms with van der Waals surface area (Å²) in [6, 6.07) is 3.75. The van der Waals surface area contributed by atoms with Gasteiger partial charge in [0.05, 0.1) is 0 Å². The molecule has 1 aliphatic rings. The lowest BCUT2D eigenvalue weighted by Gasteiger charge is -2.14. The van der Waals surface area contributed by atoms with Crippen molar-refractivity contribution in [2.24, 2.45) is 0 Å². The Kier molecular flexibility index (Phi) is 4.35. The number of hydrogen-bond acceptors (Lipinski definition) is 5. The van der Waals surface area contributed by atoms with Crippen molar-refractivity contribution in [2.75, 3.05) is 18.0 Å². The van der Waals surface area contributed by atoms with Gasteiger partial charge >= 0.3 is 0 Å². The number of amides is 1. The van der Waals surface area contributed by atoms with Gasteiger partial charge in [-0.1, -0.05) is 5.92 Å². The Bertz CT molecular complexity index is 716. The van der Waals surface area contributed by atoms with E-state index in [0.29, 0.717) is 0 Å². The molecule has 0 saturated carbocycles. The molecule has 1 saturated heterocycles. The van der Waals surface area contributed by atoms with Crippen LogP contribution in [0.5, 0.6) is 0 Å². The number of aromatic nitrogens is 2. The van der Waals surface area contributed by atoms with Gasteiger partial charge in [0, 0.05) is 54.1 Å². The number of nitrogens with one attached hydrogen (secondary N) is 1. The highest BCUT2D eigenvalue weighted by molar-refractivity contribution is 7.15. The molecule has 1 amide bonds.